The van der Waals surface area contributed by atoms with E-state index < -0.39 is 0 Å². The number of methoxy groups -OCH3 is 1. The van der Waals surface area contributed by atoms with Crippen molar-refractivity contribution in [2.24, 2.45) is 7.05 Å². The number of aromatic nitrogens is 1. The summed E-state index contributed by atoms with van der Waals surface area (Å²) >= 11 is 0. The fraction of sp³-hybridized carbons (Fsp3) is 0.625. The lowest BCUT2D eigenvalue weighted by Crippen LogP contribution is -2.33. The molecule has 0 aromatic carbocycles. The number of ether oxygens (including phenoxy) is 1. The van der Waals surface area contributed by atoms with Crippen LogP contribution in [0, 0.1) is 0 Å². The highest BCUT2D eigenvalue weighted by molar-refractivity contribution is 5.06. The molecule has 1 aromatic heterocycles. The van der Waals surface area contributed by atoms with E-state index in [0.717, 1.165) is 39.0 Å². The number of nitrogens with zero attached hydrogens (tertiary/aromatic N) is 2. The predicted octanol–water partition coefficient (Wildman–Crippen LogP) is 2.19. The Morgan fingerprint density at radius 3 is 2.95 bits per heavy atom. The number of aliphatic hydroxyl groups is 1. The molecule has 0 fully saturated rings. The Morgan fingerprint density at radius 1 is 1.55 bits per heavy atom. The van der Waals surface area contributed by atoms with Crippen molar-refractivity contribution in [1.29, 1.82) is 0 Å². The van der Waals surface area contributed by atoms with Crippen LogP contribution in [0.15, 0.2) is 31.0 Å². The molecule has 0 bridgehead atoms. The summed E-state index contributed by atoms with van der Waals surface area (Å²) in [5, 5.41) is 10.1. The van der Waals surface area contributed by atoms with E-state index in [-0.39, 0.29) is 6.10 Å². The highest BCUT2D eigenvalue weighted by atomic mass is 16.5. The van der Waals surface area contributed by atoms with Crippen molar-refractivity contribution in [3.05, 3.63) is 36.7 Å². The van der Waals surface area contributed by atoms with Crippen LogP contribution in [0.3, 0.4) is 0 Å². The molecule has 1 unspecified atom stereocenters. The van der Waals surface area contributed by atoms with Gasteiger partial charge in [0, 0.05) is 52.3 Å². The van der Waals surface area contributed by atoms with Gasteiger partial charge in [0.1, 0.15) is 0 Å². The van der Waals surface area contributed by atoms with Crippen LogP contribution in [0.4, 0.5) is 0 Å². The van der Waals surface area contributed by atoms with E-state index in [1.807, 2.05) is 6.08 Å². The van der Waals surface area contributed by atoms with Crippen LogP contribution in [0.1, 0.15) is 25.0 Å². The maximum Gasteiger partial charge on any atom is 0.0670 e. The molecule has 0 aliphatic heterocycles. The number of aryl methyl sites for hydroxylation is 1. The van der Waals surface area contributed by atoms with Gasteiger partial charge in [0.05, 0.1) is 6.10 Å². The van der Waals surface area contributed by atoms with Crippen LogP contribution >= 0.6 is 0 Å². The summed E-state index contributed by atoms with van der Waals surface area (Å²) in [6.45, 7) is 6.95. The molecular formula is C16H28N2O2. The van der Waals surface area contributed by atoms with Crippen LogP contribution in [0.2, 0.25) is 0 Å². The highest BCUT2D eigenvalue weighted by Gasteiger charge is 2.12. The van der Waals surface area contributed by atoms with Crippen LogP contribution in [0.25, 0.3) is 0 Å². The number of hydrogen-bond acceptors (Lipinski definition) is 3. The molecule has 4 nitrogen and oxygen atoms in total. The summed E-state index contributed by atoms with van der Waals surface area (Å²) in [7, 11) is 3.78. The Bertz CT molecular complexity index is 376. The van der Waals surface area contributed by atoms with Crippen LogP contribution in [0.5, 0.6) is 0 Å². The Kier molecular flexibility index (Phi) is 8.26. The van der Waals surface area contributed by atoms with E-state index in [4.69, 9.17) is 4.74 Å². The maximum atomic E-state index is 10.1. The molecule has 0 spiro atoms. The van der Waals surface area contributed by atoms with Gasteiger partial charge in [-0.3, -0.25) is 4.90 Å². The molecule has 0 aliphatic carbocycles. The first-order valence-corrected chi connectivity index (χ1v) is 7.27. The largest absolute Gasteiger partial charge is 0.392 e. The maximum absolute atomic E-state index is 10.1. The van der Waals surface area contributed by atoms with Crippen molar-refractivity contribution in [2.75, 3.05) is 26.8 Å². The molecule has 114 valence electrons. The van der Waals surface area contributed by atoms with E-state index in [0.29, 0.717) is 6.54 Å². The van der Waals surface area contributed by atoms with Crippen LogP contribution in [-0.4, -0.2) is 47.5 Å². The quantitative estimate of drug-likeness (QED) is 0.499. The fourth-order valence-corrected chi connectivity index (χ4v) is 2.26. The first-order chi connectivity index (χ1) is 9.67. The number of allylic oxidation sites excluding steroid dienone is 1. The van der Waals surface area contributed by atoms with E-state index in [9.17, 15) is 5.11 Å². The van der Waals surface area contributed by atoms with Gasteiger partial charge in [-0.1, -0.05) is 6.08 Å². The van der Waals surface area contributed by atoms with Gasteiger partial charge >= 0.3 is 0 Å². The summed E-state index contributed by atoms with van der Waals surface area (Å²) in [6.07, 6.45) is 6.23. The second-order valence-electron chi connectivity index (χ2n) is 5.21. The van der Waals surface area contributed by atoms with Crippen molar-refractivity contribution < 1.29 is 9.84 Å². The molecule has 0 radical (unpaired) electrons. The minimum absolute atomic E-state index is 0.296. The molecule has 0 saturated heterocycles. The molecule has 0 aliphatic rings. The molecule has 1 rings (SSSR count). The zero-order chi connectivity index (χ0) is 14.8. The third kappa shape index (κ3) is 6.37. The lowest BCUT2D eigenvalue weighted by molar-refractivity contribution is 0.0931. The number of rotatable bonds is 11. The smallest absolute Gasteiger partial charge is 0.0670 e. The highest BCUT2D eigenvalue weighted by Crippen LogP contribution is 2.09. The van der Waals surface area contributed by atoms with Gasteiger partial charge in [-0.15, -0.1) is 6.58 Å². The lowest BCUT2D eigenvalue weighted by Gasteiger charge is -2.25. The van der Waals surface area contributed by atoms with E-state index in [1.54, 1.807) is 7.11 Å². The van der Waals surface area contributed by atoms with E-state index in [2.05, 4.69) is 41.4 Å². The van der Waals surface area contributed by atoms with E-state index in [1.165, 1.54) is 5.69 Å². The third-order valence-corrected chi connectivity index (χ3v) is 3.43. The lowest BCUT2D eigenvalue weighted by atomic mass is 10.2. The molecule has 1 atom stereocenters. The monoisotopic (exact) mass is 280 g/mol. The van der Waals surface area contributed by atoms with Crippen LogP contribution < -0.4 is 0 Å². The van der Waals surface area contributed by atoms with Gasteiger partial charge in [0.2, 0.25) is 0 Å². The van der Waals surface area contributed by atoms with Gasteiger partial charge in [0.25, 0.3) is 0 Å². The Balaban J connectivity index is 2.50. The molecule has 0 saturated carbocycles. The SMILES string of the molecule is C=CCCC(O)CN(CCCOC)Cc1cccn1C. The molecule has 1 aromatic rings. The van der Waals surface area contributed by atoms with Crippen molar-refractivity contribution in [3.63, 3.8) is 0 Å². The Morgan fingerprint density at radius 2 is 2.35 bits per heavy atom. The first kappa shape index (κ1) is 17.0. The predicted molar refractivity (Wildman–Crippen MR) is 82.6 cm³/mol. The normalized spacial score (nSPS) is 12.8. The molecule has 1 N–H and O–H groups in total. The minimum atomic E-state index is -0.296. The average Bonchev–Trinajstić information content (AvgIpc) is 2.82. The van der Waals surface area contributed by atoms with Gasteiger partial charge in [0.15, 0.2) is 0 Å². The summed E-state index contributed by atoms with van der Waals surface area (Å²) in [5.41, 5.74) is 1.26. The van der Waals surface area contributed by atoms with Crippen molar-refractivity contribution in [3.8, 4) is 0 Å². The van der Waals surface area contributed by atoms with Gasteiger partial charge in [-0.2, -0.15) is 0 Å². The summed E-state index contributed by atoms with van der Waals surface area (Å²) < 4.78 is 7.24. The standard InChI is InChI=1S/C16H28N2O2/c1-4-5-9-16(19)14-18(11-7-12-20-3)13-15-8-6-10-17(15)2/h4,6,8,10,16,19H,1,5,7,9,11-14H2,2-3H3. The number of aliphatic hydroxyl groups excluding tert-OH is 1. The van der Waals surface area contributed by atoms with Crippen molar-refractivity contribution in [2.45, 2.75) is 31.9 Å². The number of hydrogen-bond donors (Lipinski definition) is 1. The van der Waals surface area contributed by atoms with Gasteiger partial charge in [-0.25, -0.2) is 0 Å². The van der Waals surface area contributed by atoms with Crippen LogP contribution in [-0.2, 0) is 18.3 Å². The molecule has 0 amide bonds. The van der Waals surface area contributed by atoms with Gasteiger partial charge in [-0.05, 0) is 31.4 Å². The molecule has 4 heteroatoms. The molecule has 20 heavy (non-hydrogen) atoms. The zero-order valence-electron chi connectivity index (χ0n) is 12.8. The first-order valence-electron chi connectivity index (χ1n) is 7.27. The van der Waals surface area contributed by atoms with Gasteiger partial charge < -0.3 is 14.4 Å². The minimum Gasteiger partial charge on any atom is -0.392 e. The second kappa shape index (κ2) is 9.75. The molecule has 1 heterocycles. The second-order valence-corrected chi connectivity index (χ2v) is 5.21. The summed E-state index contributed by atoms with van der Waals surface area (Å²) in [4.78, 5) is 2.29. The Hall–Kier alpha value is -1.10. The van der Waals surface area contributed by atoms with Crippen molar-refractivity contribution in [1.82, 2.24) is 9.47 Å². The van der Waals surface area contributed by atoms with Crippen molar-refractivity contribution >= 4 is 0 Å². The summed E-state index contributed by atoms with van der Waals surface area (Å²) in [5.74, 6) is 0. The average molecular weight is 280 g/mol. The topological polar surface area (TPSA) is 37.6 Å². The third-order valence-electron chi connectivity index (χ3n) is 3.43. The Labute approximate surface area is 122 Å². The fourth-order valence-electron chi connectivity index (χ4n) is 2.26. The summed E-state index contributed by atoms with van der Waals surface area (Å²) in [6, 6.07) is 4.18. The van der Waals surface area contributed by atoms with E-state index >= 15 is 0 Å². The zero-order valence-corrected chi connectivity index (χ0v) is 12.8. The molecular weight excluding hydrogens is 252 g/mol.